The van der Waals surface area contributed by atoms with Crippen molar-refractivity contribution in [3.8, 4) is 11.4 Å². The summed E-state index contributed by atoms with van der Waals surface area (Å²) in [5.74, 6) is 1.37. The lowest BCUT2D eigenvalue weighted by Gasteiger charge is -2.35. The molecular weight excluding hydrogens is 315 g/mol. The van der Waals surface area contributed by atoms with E-state index in [-0.39, 0.29) is 5.82 Å². The second-order valence-electron chi connectivity index (χ2n) is 6.32. The molecule has 0 bridgehead atoms. The summed E-state index contributed by atoms with van der Waals surface area (Å²) in [7, 11) is 0. The van der Waals surface area contributed by atoms with Gasteiger partial charge in [-0.25, -0.2) is 14.4 Å². The minimum absolute atomic E-state index is 0.250. The summed E-state index contributed by atoms with van der Waals surface area (Å²) in [6.45, 7) is 7.28. The second kappa shape index (κ2) is 6.76. The maximum absolute atomic E-state index is 13.2. The van der Waals surface area contributed by atoms with Crippen LogP contribution in [0.4, 0.5) is 10.2 Å². The highest BCUT2D eigenvalue weighted by Gasteiger charge is 2.20. The predicted octanol–water partition coefficient (Wildman–Crippen LogP) is 3.58. The number of benzene rings is 2. The standard InChI is InChI=1S/C20H21FN4/c1-2-24-11-13-25(14-12-24)20-17-5-3-4-6-18(17)22-19(23-20)15-7-9-16(21)10-8-15/h3-10H,2,11-14H2,1H3. The van der Waals surface area contributed by atoms with Gasteiger partial charge in [-0.15, -0.1) is 0 Å². The molecule has 0 saturated carbocycles. The molecule has 0 atom stereocenters. The average molecular weight is 336 g/mol. The molecule has 1 aliphatic heterocycles. The van der Waals surface area contributed by atoms with E-state index in [0.29, 0.717) is 5.82 Å². The van der Waals surface area contributed by atoms with E-state index in [1.54, 1.807) is 12.1 Å². The molecule has 128 valence electrons. The lowest BCUT2D eigenvalue weighted by Crippen LogP contribution is -2.46. The molecule has 2 heterocycles. The number of anilines is 1. The Balaban J connectivity index is 1.78. The zero-order valence-electron chi connectivity index (χ0n) is 14.3. The number of hydrogen-bond acceptors (Lipinski definition) is 4. The zero-order valence-corrected chi connectivity index (χ0v) is 14.3. The van der Waals surface area contributed by atoms with Gasteiger partial charge in [0.2, 0.25) is 0 Å². The third kappa shape index (κ3) is 3.20. The quantitative estimate of drug-likeness (QED) is 0.732. The third-order valence-electron chi connectivity index (χ3n) is 4.80. The number of aromatic nitrogens is 2. The summed E-state index contributed by atoms with van der Waals surface area (Å²) in [5.41, 5.74) is 1.75. The molecule has 3 aromatic rings. The summed E-state index contributed by atoms with van der Waals surface area (Å²) >= 11 is 0. The van der Waals surface area contributed by atoms with Gasteiger partial charge in [-0.05, 0) is 42.9 Å². The maximum atomic E-state index is 13.2. The Morgan fingerprint density at radius 2 is 1.64 bits per heavy atom. The van der Waals surface area contributed by atoms with Crippen molar-refractivity contribution >= 4 is 16.7 Å². The summed E-state index contributed by atoms with van der Waals surface area (Å²) in [6, 6.07) is 14.5. The molecule has 4 rings (SSSR count). The van der Waals surface area contributed by atoms with Gasteiger partial charge in [0.1, 0.15) is 11.6 Å². The normalized spacial score (nSPS) is 15.7. The Hall–Kier alpha value is -2.53. The Kier molecular flexibility index (Phi) is 4.32. The van der Waals surface area contributed by atoms with E-state index in [4.69, 9.17) is 9.97 Å². The Morgan fingerprint density at radius 1 is 0.920 bits per heavy atom. The number of halogens is 1. The molecule has 4 nitrogen and oxygen atoms in total. The van der Waals surface area contributed by atoms with Crippen molar-refractivity contribution in [3.63, 3.8) is 0 Å². The molecule has 2 aromatic carbocycles. The topological polar surface area (TPSA) is 32.3 Å². The Labute approximate surface area is 146 Å². The van der Waals surface area contributed by atoms with Crippen LogP contribution in [0.3, 0.4) is 0 Å². The lowest BCUT2D eigenvalue weighted by atomic mass is 10.1. The molecular formula is C20H21FN4. The third-order valence-corrected chi connectivity index (χ3v) is 4.80. The first-order valence-corrected chi connectivity index (χ1v) is 8.74. The van der Waals surface area contributed by atoms with Crippen molar-refractivity contribution in [2.24, 2.45) is 0 Å². The van der Waals surface area contributed by atoms with Crippen LogP contribution in [0.2, 0.25) is 0 Å². The van der Waals surface area contributed by atoms with Crippen LogP contribution in [0.1, 0.15) is 6.92 Å². The van der Waals surface area contributed by atoms with E-state index in [0.717, 1.165) is 55.0 Å². The smallest absolute Gasteiger partial charge is 0.162 e. The van der Waals surface area contributed by atoms with Crippen LogP contribution >= 0.6 is 0 Å². The SMILES string of the molecule is CCN1CCN(c2nc(-c3ccc(F)cc3)nc3ccccc23)CC1. The lowest BCUT2D eigenvalue weighted by molar-refractivity contribution is 0.271. The van der Waals surface area contributed by atoms with Crippen molar-refractivity contribution in [3.05, 3.63) is 54.3 Å². The fraction of sp³-hybridized carbons (Fsp3) is 0.300. The molecule has 0 radical (unpaired) electrons. The summed E-state index contributed by atoms with van der Waals surface area (Å²) < 4.78 is 13.2. The van der Waals surface area contributed by atoms with Crippen molar-refractivity contribution < 1.29 is 4.39 Å². The first-order valence-electron chi connectivity index (χ1n) is 8.74. The first kappa shape index (κ1) is 16.0. The highest BCUT2D eigenvalue weighted by Crippen LogP contribution is 2.28. The number of fused-ring (bicyclic) bond motifs is 1. The minimum atomic E-state index is -0.250. The molecule has 5 heteroatoms. The largest absolute Gasteiger partial charge is 0.353 e. The maximum Gasteiger partial charge on any atom is 0.162 e. The van der Waals surface area contributed by atoms with Gasteiger partial charge < -0.3 is 9.80 Å². The van der Waals surface area contributed by atoms with E-state index in [1.165, 1.54) is 12.1 Å². The average Bonchev–Trinajstić information content (AvgIpc) is 2.68. The van der Waals surface area contributed by atoms with Crippen LogP contribution in [-0.4, -0.2) is 47.6 Å². The molecule has 0 N–H and O–H groups in total. The molecule has 1 aromatic heterocycles. The Morgan fingerprint density at radius 3 is 2.36 bits per heavy atom. The highest BCUT2D eigenvalue weighted by atomic mass is 19.1. The van der Waals surface area contributed by atoms with Gasteiger partial charge >= 0.3 is 0 Å². The van der Waals surface area contributed by atoms with E-state index in [1.807, 2.05) is 18.2 Å². The van der Waals surface area contributed by atoms with Crippen molar-refractivity contribution in [2.45, 2.75) is 6.92 Å². The Bertz CT molecular complexity index is 871. The van der Waals surface area contributed by atoms with Gasteiger partial charge in [0.05, 0.1) is 5.52 Å². The van der Waals surface area contributed by atoms with E-state index >= 15 is 0 Å². The number of para-hydroxylation sites is 1. The van der Waals surface area contributed by atoms with Gasteiger partial charge in [-0.3, -0.25) is 0 Å². The molecule has 1 aliphatic rings. The predicted molar refractivity (Wildman–Crippen MR) is 99.3 cm³/mol. The molecule has 1 saturated heterocycles. The monoisotopic (exact) mass is 336 g/mol. The summed E-state index contributed by atoms with van der Waals surface area (Å²) in [4.78, 5) is 14.3. The van der Waals surface area contributed by atoms with Crippen LogP contribution in [-0.2, 0) is 0 Å². The number of nitrogens with zero attached hydrogens (tertiary/aromatic N) is 4. The molecule has 0 unspecified atom stereocenters. The van der Waals surface area contributed by atoms with Crippen molar-refractivity contribution in [1.82, 2.24) is 14.9 Å². The summed E-state index contributed by atoms with van der Waals surface area (Å²) in [6.07, 6.45) is 0. The fourth-order valence-electron chi connectivity index (χ4n) is 3.30. The molecule has 0 spiro atoms. The zero-order chi connectivity index (χ0) is 17.2. The fourth-order valence-corrected chi connectivity index (χ4v) is 3.30. The second-order valence-corrected chi connectivity index (χ2v) is 6.32. The van der Waals surface area contributed by atoms with Crippen LogP contribution in [0.5, 0.6) is 0 Å². The van der Waals surface area contributed by atoms with Gasteiger partial charge in [-0.1, -0.05) is 19.1 Å². The molecule has 0 aliphatic carbocycles. The number of rotatable bonds is 3. The van der Waals surface area contributed by atoms with Gasteiger partial charge in [0, 0.05) is 37.1 Å². The van der Waals surface area contributed by atoms with Crippen LogP contribution in [0.15, 0.2) is 48.5 Å². The first-order chi connectivity index (χ1) is 12.2. The number of piperazine rings is 1. The van der Waals surface area contributed by atoms with Crippen LogP contribution in [0.25, 0.3) is 22.3 Å². The van der Waals surface area contributed by atoms with Gasteiger partial charge in [0.15, 0.2) is 5.82 Å². The number of likely N-dealkylation sites (N-methyl/N-ethyl adjacent to an activating group) is 1. The van der Waals surface area contributed by atoms with E-state index < -0.39 is 0 Å². The molecule has 0 amide bonds. The highest BCUT2D eigenvalue weighted by molar-refractivity contribution is 5.91. The summed E-state index contributed by atoms with van der Waals surface area (Å²) in [5, 5.41) is 1.07. The molecule has 25 heavy (non-hydrogen) atoms. The van der Waals surface area contributed by atoms with E-state index in [9.17, 15) is 4.39 Å². The van der Waals surface area contributed by atoms with Crippen molar-refractivity contribution in [1.29, 1.82) is 0 Å². The van der Waals surface area contributed by atoms with E-state index in [2.05, 4.69) is 22.8 Å². The van der Waals surface area contributed by atoms with Crippen LogP contribution < -0.4 is 4.90 Å². The van der Waals surface area contributed by atoms with Gasteiger partial charge in [-0.2, -0.15) is 0 Å². The van der Waals surface area contributed by atoms with Crippen LogP contribution in [0, 0.1) is 5.82 Å². The number of hydrogen-bond donors (Lipinski definition) is 0. The minimum Gasteiger partial charge on any atom is -0.353 e. The molecule has 1 fully saturated rings. The van der Waals surface area contributed by atoms with Gasteiger partial charge in [0.25, 0.3) is 0 Å². The van der Waals surface area contributed by atoms with Crippen molar-refractivity contribution in [2.75, 3.05) is 37.6 Å².